The molecule has 0 bridgehead atoms. The van der Waals surface area contributed by atoms with Gasteiger partial charge in [-0.2, -0.15) is 9.50 Å². The van der Waals surface area contributed by atoms with Crippen molar-refractivity contribution in [2.45, 2.75) is 0 Å². The molecule has 29 heavy (non-hydrogen) atoms. The standard InChI is InChI=1S/C20H10Cl2N4O2S/c21-14-5-3-11(8-15(14)22)16-6-4-13(28-16)9-17-19(27)26-20(29-17)24-18(25-26)12-2-1-7-23-10-12/h1-10H. The number of hydrogen-bond acceptors (Lipinski definition) is 6. The van der Waals surface area contributed by atoms with Gasteiger partial charge in [0.1, 0.15) is 16.1 Å². The van der Waals surface area contributed by atoms with Crippen LogP contribution in [0.1, 0.15) is 5.76 Å². The van der Waals surface area contributed by atoms with Crippen LogP contribution in [0, 0.1) is 0 Å². The minimum absolute atomic E-state index is 0.250. The topological polar surface area (TPSA) is 73.3 Å². The van der Waals surface area contributed by atoms with Crippen LogP contribution in [0.2, 0.25) is 10.0 Å². The Balaban J connectivity index is 1.52. The first-order chi connectivity index (χ1) is 14.1. The second kappa shape index (κ2) is 7.11. The first-order valence-corrected chi connectivity index (χ1v) is 10.0. The molecule has 0 radical (unpaired) electrons. The Morgan fingerprint density at radius 3 is 2.72 bits per heavy atom. The first-order valence-electron chi connectivity index (χ1n) is 8.45. The molecule has 0 saturated heterocycles. The van der Waals surface area contributed by atoms with E-state index in [1.807, 2.05) is 18.2 Å². The van der Waals surface area contributed by atoms with Gasteiger partial charge in [-0.1, -0.05) is 34.5 Å². The number of aromatic nitrogens is 4. The summed E-state index contributed by atoms with van der Waals surface area (Å²) < 4.78 is 7.61. The fourth-order valence-corrected chi connectivity index (χ4v) is 4.00. The third kappa shape index (κ3) is 3.33. The molecule has 142 valence electrons. The van der Waals surface area contributed by atoms with Gasteiger partial charge in [-0.15, -0.1) is 5.10 Å². The van der Waals surface area contributed by atoms with Gasteiger partial charge < -0.3 is 4.42 Å². The minimum Gasteiger partial charge on any atom is -0.457 e. The van der Waals surface area contributed by atoms with E-state index in [9.17, 15) is 4.79 Å². The molecule has 0 atom stereocenters. The SMILES string of the molecule is O=c1c(=Cc2ccc(-c3ccc(Cl)c(Cl)c3)o2)sc2nc(-c3cccnc3)nn12. The van der Waals surface area contributed by atoms with Gasteiger partial charge >= 0.3 is 0 Å². The lowest BCUT2D eigenvalue weighted by Gasteiger charge is -1.99. The molecular weight excluding hydrogens is 431 g/mol. The van der Waals surface area contributed by atoms with Gasteiger partial charge in [0.05, 0.1) is 10.0 Å². The molecule has 6 nitrogen and oxygen atoms in total. The zero-order valence-electron chi connectivity index (χ0n) is 14.5. The number of furan rings is 1. The summed E-state index contributed by atoms with van der Waals surface area (Å²) in [5.74, 6) is 1.63. The van der Waals surface area contributed by atoms with E-state index >= 15 is 0 Å². The number of rotatable bonds is 3. The largest absolute Gasteiger partial charge is 0.457 e. The Bertz CT molecular complexity index is 1460. The van der Waals surface area contributed by atoms with Crippen LogP contribution in [0.15, 0.2) is 64.1 Å². The lowest BCUT2D eigenvalue weighted by atomic mass is 10.2. The molecule has 0 fully saturated rings. The van der Waals surface area contributed by atoms with E-state index in [-0.39, 0.29) is 5.56 Å². The van der Waals surface area contributed by atoms with Gasteiger partial charge in [0.2, 0.25) is 4.96 Å². The molecule has 0 saturated carbocycles. The summed E-state index contributed by atoms with van der Waals surface area (Å²) in [5.41, 5.74) is 1.30. The highest BCUT2D eigenvalue weighted by atomic mass is 35.5. The Kier molecular flexibility index (Phi) is 4.43. The van der Waals surface area contributed by atoms with Crippen LogP contribution in [0.25, 0.3) is 33.7 Å². The maximum atomic E-state index is 12.7. The predicted molar refractivity (Wildman–Crippen MR) is 113 cm³/mol. The van der Waals surface area contributed by atoms with Crippen molar-refractivity contribution in [2.75, 3.05) is 0 Å². The maximum absolute atomic E-state index is 12.7. The van der Waals surface area contributed by atoms with Crippen molar-refractivity contribution >= 4 is 45.6 Å². The predicted octanol–water partition coefficient (Wildman–Crippen LogP) is 4.33. The van der Waals surface area contributed by atoms with Gasteiger partial charge in [-0.05, 0) is 42.5 Å². The van der Waals surface area contributed by atoms with E-state index in [2.05, 4.69) is 15.1 Å². The molecule has 0 aliphatic carbocycles. The Labute approximate surface area is 177 Å². The van der Waals surface area contributed by atoms with E-state index in [1.165, 1.54) is 15.9 Å². The summed E-state index contributed by atoms with van der Waals surface area (Å²) in [6.45, 7) is 0. The monoisotopic (exact) mass is 440 g/mol. The molecule has 1 aromatic carbocycles. The number of nitrogens with zero attached hydrogens (tertiary/aromatic N) is 4. The summed E-state index contributed by atoms with van der Waals surface area (Å²) >= 11 is 13.3. The molecule has 0 aliphatic heterocycles. The van der Waals surface area contributed by atoms with E-state index in [0.717, 1.165) is 11.1 Å². The smallest absolute Gasteiger partial charge is 0.291 e. The third-order valence-electron chi connectivity index (χ3n) is 4.21. The van der Waals surface area contributed by atoms with Gasteiger partial charge in [-0.3, -0.25) is 9.78 Å². The molecule has 5 aromatic rings. The highest BCUT2D eigenvalue weighted by Gasteiger charge is 2.13. The molecule has 5 rings (SSSR count). The van der Waals surface area contributed by atoms with Crippen molar-refractivity contribution in [1.29, 1.82) is 0 Å². The fourth-order valence-electron chi connectivity index (χ4n) is 2.82. The van der Waals surface area contributed by atoms with Crippen LogP contribution in [-0.2, 0) is 0 Å². The Hall–Kier alpha value is -3.00. The normalized spacial score (nSPS) is 12.1. The van der Waals surface area contributed by atoms with Crippen molar-refractivity contribution in [3.63, 3.8) is 0 Å². The Morgan fingerprint density at radius 2 is 1.97 bits per heavy atom. The van der Waals surface area contributed by atoms with Crippen LogP contribution < -0.4 is 10.1 Å². The number of halogens is 2. The molecule has 0 spiro atoms. The van der Waals surface area contributed by atoms with Crippen LogP contribution >= 0.6 is 34.5 Å². The fraction of sp³-hybridized carbons (Fsp3) is 0. The molecule has 0 unspecified atom stereocenters. The van der Waals surface area contributed by atoms with Gasteiger partial charge in [0.15, 0.2) is 5.82 Å². The second-order valence-electron chi connectivity index (χ2n) is 6.12. The van der Waals surface area contributed by atoms with Gasteiger partial charge in [0, 0.05) is 29.6 Å². The summed E-state index contributed by atoms with van der Waals surface area (Å²) in [5, 5.41) is 5.23. The Morgan fingerprint density at radius 1 is 1.07 bits per heavy atom. The van der Waals surface area contributed by atoms with Crippen molar-refractivity contribution in [2.24, 2.45) is 0 Å². The van der Waals surface area contributed by atoms with Gasteiger partial charge in [0.25, 0.3) is 5.56 Å². The number of hydrogen-bond donors (Lipinski definition) is 0. The van der Waals surface area contributed by atoms with Crippen molar-refractivity contribution in [3.8, 4) is 22.7 Å². The van der Waals surface area contributed by atoms with Gasteiger partial charge in [-0.25, -0.2) is 0 Å². The summed E-state index contributed by atoms with van der Waals surface area (Å²) in [6, 6.07) is 12.5. The molecule has 0 aliphatic rings. The minimum atomic E-state index is -0.250. The molecule has 4 heterocycles. The van der Waals surface area contributed by atoms with E-state index in [0.29, 0.717) is 36.9 Å². The number of fused-ring (bicyclic) bond motifs is 1. The van der Waals surface area contributed by atoms with E-state index in [1.54, 1.807) is 42.7 Å². The van der Waals surface area contributed by atoms with E-state index < -0.39 is 0 Å². The molecule has 9 heteroatoms. The third-order valence-corrected chi connectivity index (χ3v) is 5.90. The lowest BCUT2D eigenvalue weighted by molar-refractivity contribution is 0.571. The summed E-state index contributed by atoms with van der Waals surface area (Å²) in [7, 11) is 0. The van der Waals surface area contributed by atoms with Crippen LogP contribution in [0.4, 0.5) is 0 Å². The van der Waals surface area contributed by atoms with Crippen LogP contribution in [0.3, 0.4) is 0 Å². The lowest BCUT2D eigenvalue weighted by Crippen LogP contribution is -2.23. The quantitative estimate of drug-likeness (QED) is 0.417. The highest BCUT2D eigenvalue weighted by molar-refractivity contribution is 7.15. The summed E-state index contributed by atoms with van der Waals surface area (Å²) in [4.78, 5) is 21.7. The zero-order chi connectivity index (χ0) is 20.0. The maximum Gasteiger partial charge on any atom is 0.291 e. The molecular formula is C20H10Cl2N4O2S. The van der Waals surface area contributed by atoms with Crippen LogP contribution in [-0.4, -0.2) is 19.6 Å². The van der Waals surface area contributed by atoms with Crippen molar-refractivity contribution < 1.29 is 4.42 Å². The number of pyridine rings is 1. The number of benzene rings is 1. The summed E-state index contributed by atoms with van der Waals surface area (Å²) in [6.07, 6.45) is 5.00. The molecule has 0 amide bonds. The average Bonchev–Trinajstić information content (AvgIpc) is 3.43. The average molecular weight is 441 g/mol. The first kappa shape index (κ1) is 18.1. The second-order valence-corrected chi connectivity index (χ2v) is 7.94. The molecule has 4 aromatic heterocycles. The molecule has 0 N–H and O–H groups in total. The van der Waals surface area contributed by atoms with Crippen molar-refractivity contribution in [1.82, 2.24) is 19.6 Å². The van der Waals surface area contributed by atoms with E-state index in [4.69, 9.17) is 27.6 Å². The van der Waals surface area contributed by atoms with Crippen molar-refractivity contribution in [3.05, 3.63) is 85.5 Å². The van der Waals surface area contributed by atoms with Crippen LogP contribution in [0.5, 0.6) is 0 Å². The highest BCUT2D eigenvalue weighted by Crippen LogP contribution is 2.29. The number of thiazole rings is 1. The zero-order valence-corrected chi connectivity index (χ0v) is 16.9.